The summed E-state index contributed by atoms with van der Waals surface area (Å²) in [6.07, 6.45) is 6.43. The first-order valence-electron chi connectivity index (χ1n) is 11.0. The van der Waals surface area contributed by atoms with Crippen LogP contribution in [-0.4, -0.2) is 60.3 Å². The Kier molecular flexibility index (Phi) is 6.73. The predicted molar refractivity (Wildman–Crippen MR) is 115 cm³/mol. The predicted octanol–water partition coefficient (Wildman–Crippen LogP) is 2.82. The van der Waals surface area contributed by atoms with Crippen molar-refractivity contribution in [1.82, 2.24) is 10.2 Å². The molecule has 1 spiro atoms. The van der Waals surface area contributed by atoms with Crippen molar-refractivity contribution < 1.29 is 23.8 Å². The topological polar surface area (TPSA) is 92.0 Å². The molecule has 2 bridgehead atoms. The van der Waals surface area contributed by atoms with E-state index in [1.807, 2.05) is 0 Å². The third-order valence-corrected chi connectivity index (χ3v) is 6.88. The number of carboxylic acid groups (broad SMARTS) is 1. The maximum atomic E-state index is 12.2. The largest absolute Gasteiger partial charge is 0.483 e. The molecule has 1 aromatic carbocycles. The molecule has 0 saturated carbocycles. The van der Waals surface area contributed by atoms with Crippen molar-refractivity contribution in [2.24, 2.45) is 11.8 Å². The Bertz CT molecular complexity index is 856. The van der Waals surface area contributed by atoms with Crippen LogP contribution in [-0.2, 0) is 16.0 Å². The number of hydrogen-bond acceptors (Lipinski definition) is 5. The summed E-state index contributed by atoms with van der Waals surface area (Å²) < 4.78 is 11.7. The maximum absolute atomic E-state index is 12.2. The summed E-state index contributed by atoms with van der Waals surface area (Å²) in [5, 5.41) is 9.96. The van der Waals surface area contributed by atoms with Crippen LogP contribution in [0.2, 0.25) is 0 Å². The van der Waals surface area contributed by atoms with Crippen LogP contribution in [0.1, 0.15) is 35.4 Å². The number of benzene rings is 1. The van der Waals surface area contributed by atoms with Crippen LogP contribution in [0.4, 0.5) is 0 Å². The fraction of sp³-hybridized carbons (Fsp3) is 0.500. The number of furan rings is 1. The number of nitrogens with one attached hydrogen (secondary N) is 1. The van der Waals surface area contributed by atoms with Gasteiger partial charge in [0.15, 0.2) is 5.76 Å². The van der Waals surface area contributed by atoms with Gasteiger partial charge in [0.25, 0.3) is 12.4 Å². The highest BCUT2D eigenvalue weighted by Crippen LogP contribution is 2.54. The van der Waals surface area contributed by atoms with E-state index in [1.165, 1.54) is 24.7 Å². The van der Waals surface area contributed by atoms with Crippen molar-refractivity contribution in [3.63, 3.8) is 0 Å². The van der Waals surface area contributed by atoms with Crippen molar-refractivity contribution in [3.8, 4) is 0 Å². The quantitative estimate of drug-likeness (QED) is 0.662. The van der Waals surface area contributed by atoms with E-state index in [0.29, 0.717) is 30.2 Å². The van der Waals surface area contributed by atoms with Gasteiger partial charge in [0, 0.05) is 31.5 Å². The van der Waals surface area contributed by atoms with Crippen LogP contribution in [0.15, 0.2) is 53.1 Å². The first kappa shape index (κ1) is 21.6. The van der Waals surface area contributed by atoms with E-state index in [9.17, 15) is 4.79 Å². The van der Waals surface area contributed by atoms with Gasteiger partial charge >= 0.3 is 0 Å². The lowest BCUT2D eigenvalue weighted by Crippen LogP contribution is -2.41. The molecule has 4 atom stereocenters. The van der Waals surface area contributed by atoms with E-state index >= 15 is 0 Å². The maximum Gasteiger partial charge on any atom is 0.290 e. The molecule has 7 heteroatoms. The molecule has 3 aliphatic rings. The van der Waals surface area contributed by atoms with E-state index in [2.05, 4.69) is 40.5 Å². The highest BCUT2D eigenvalue weighted by molar-refractivity contribution is 5.91. The lowest BCUT2D eigenvalue weighted by atomic mass is 9.73. The Morgan fingerprint density at radius 3 is 2.81 bits per heavy atom. The van der Waals surface area contributed by atoms with Crippen molar-refractivity contribution in [2.75, 3.05) is 26.2 Å². The average molecular weight is 427 g/mol. The molecule has 2 aromatic rings. The molecule has 1 aromatic heterocycles. The van der Waals surface area contributed by atoms with E-state index in [1.54, 1.807) is 12.1 Å². The number of hydrogen-bond donors (Lipinski definition) is 2. The molecule has 7 nitrogen and oxygen atoms in total. The summed E-state index contributed by atoms with van der Waals surface area (Å²) in [5.41, 5.74) is 1.44. The average Bonchev–Trinajstić information content (AvgIpc) is 3.55. The fourth-order valence-electron chi connectivity index (χ4n) is 5.59. The summed E-state index contributed by atoms with van der Waals surface area (Å²) in [5.74, 6) is 1.19. The molecule has 0 radical (unpaired) electrons. The first-order chi connectivity index (χ1) is 15.1. The van der Waals surface area contributed by atoms with E-state index in [4.69, 9.17) is 19.1 Å². The SMILES string of the molecule is O=C(NC[C@H]1[C@H]2CN(CCCc3ccccc3)C[C@]23CC[C@H]1O3)c1ccco1.O=CO. The van der Waals surface area contributed by atoms with Crippen molar-refractivity contribution in [3.05, 3.63) is 60.1 Å². The lowest BCUT2D eigenvalue weighted by molar-refractivity contribution is -0.122. The van der Waals surface area contributed by atoms with Crippen LogP contribution in [0.25, 0.3) is 0 Å². The molecule has 0 unspecified atom stereocenters. The summed E-state index contributed by atoms with van der Waals surface area (Å²) >= 11 is 0. The number of aryl methyl sites for hydroxylation is 1. The Morgan fingerprint density at radius 2 is 2.06 bits per heavy atom. The second kappa shape index (κ2) is 9.66. The number of carbonyl (C=O) groups excluding carboxylic acids is 1. The van der Waals surface area contributed by atoms with Gasteiger partial charge in [0.2, 0.25) is 0 Å². The number of fused-ring (bicyclic) bond motifs is 1. The number of rotatable bonds is 7. The van der Waals surface area contributed by atoms with Crippen LogP contribution in [0, 0.1) is 11.8 Å². The Balaban J connectivity index is 0.000000730. The van der Waals surface area contributed by atoms with Gasteiger partial charge in [0.1, 0.15) is 0 Å². The molecule has 2 N–H and O–H groups in total. The smallest absolute Gasteiger partial charge is 0.290 e. The van der Waals surface area contributed by atoms with Gasteiger partial charge in [-0.1, -0.05) is 30.3 Å². The van der Waals surface area contributed by atoms with Crippen LogP contribution in [0.5, 0.6) is 0 Å². The monoisotopic (exact) mass is 426 g/mol. The highest BCUT2D eigenvalue weighted by Gasteiger charge is 2.62. The molecule has 0 aliphatic carbocycles. The van der Waals surface area contributed by atoms with Crippen molar-refractivity contribution in [2.45, 2.75) is 37.4 Å². The Labute approximate surface area is 182 Å². The zero-order valence-electron chi connectivity index (χ0n) is 17.6. The van der Waals surface area contributed by atoms with Gasteiger partial charge in [-0.2, -0.15) is 0 Å². The number of ether oxygens (including phenoxy) is 1. The molecule has 1 amide bonds. The van der Waals surface area contributed by atoms with Gasteiger partial charge in [-0.15, -0.1) is 0 Å². The molecule has 3 aliphatic heterocycles. The minimum absolute atomic E-state index is 0.0253. The summed E-state index contributed by atoms with van der Waals surface area (Å²) in [4.78, 5) is 23.2. The summed E-state index contributed by atoms with van der Waals surface area (Å²) in [6.45, 7) is 3.68. The first-order valence-corrected chi connectivity index (χ1v) is 11.0. The molecule has 4 heterocycles. The van der Waals surface area contributed by atoms with Gasteiger partial charge in [-0.25, -0.2) is 0 Å². The number of likely N-dealkylation sites (tertiary alicyclic amines) is 1. The van der Waals surface area contributed by atoms with Crippen LogP contribution < -0.4 is 5.32 Å². The minimum atomic E-state index is -0.250. The zero-order valence-corrected chi connectivity index (χ0v) is 17.6. The Morgan fingerprint density at radius 1 is 1.26 bits per heavy atom. The molecule has 3 fully saturated rings. The molecular weight excluding hydrogens is 396 g/mol. The van der Waals surface area contributed by atoms with E-state index < -0.39 is 0 Å². The number of nitrogens with zero attached hydrogens (tertiary/aromatic N) is 1. The summed E-state index contributed by atoms with van der Waals surface area (Å²) in [7, 11) is 0. The second-order valence-electron chi connectivity index (χ2n) is 8.65. The van der Waals surface area contributed by atoms with Gasteiger partial charge in [-0.3, -0.25) is 9.59 Å². The summed E-state index contributed by atoms with van der Waals surface area (Å²) in [6, 6.07) is 14.2. The zero-order chi connectivity index (χ0) is 21.7. The lowest BCUT2D eigenvalue weighted by Gasteiger charge is -2.29. The van der Waals surface area contributed by atoms with Gasteiger partial charge in [0.05, 0.1) is 18.0 Å². The van der Waals surface area contributed by atoms with E-state index in [-0.39, 0.29) is 18.0 Å². The van der Waals surface area contributed by atoms with Crippen LogP contribution >= 0.6 is 0 Å². The third kappa shape index (κ3) is 4.67. The number of carbonyl (C=O) groups is 2. The fourth-order valence-corrected chi connectivity index (χ4v) is 5.59. The molecular formula is C24H30N2O5. The third-order valence-electron chi connectivity index (χ3n) is 6.88. The second-order valence-corrected chi connectivity index (χ2v) is 8.65. The van der Waals surface area contributed by atoms with Gasteiger partial charge < -0.3 is 24.5 Å². The van der Waals surface area contributed by atoms with Gasteiger partial charge in [-0.05, 0) is 49.9 Å². The van der Waals surface area contributed by atoms with Crippen molar-refractivity contribution >= 4 is 12.4 Å². The van der Waals surface area contributed by atoms with E-state index in [0.717, 1.165) is 32.5 Å². The standard InChI is InChI=1S/C23H28N2O3.CH2O2/c26-22(21-9-5-13-27-21)24-14-18-19-15-25(16-23(19)11-10-20(18)28-23)12-4-8-17-6-2-1-3-7-17;2-1-3/h1-3,5-7,9,13,18-20H,4,8,10-12,14-16H2,(H,24,26);1H,(H,2,3)/t18-,19+,20+,23+;/m0./s1. The highest BCUT2D eigenvalue weighted by atomic mass is 16.5. The molecule has 166 valence electrons. The normalized spacial score (nSPS) is 28.6. The molecule has 3 saturated heterocycles. The van der Waals surface area contributed by atoms with Crippen molar-refractivity contribution in [1.29, 1.82) is 0 Å². The van der Waals surface area contributed by atoms with Crippen LogP contribution in [0.3, 0.4) is 0 Å². The Hall–Kier alpha value is -2.64. The molecule has 31 heavy (non-hydrogen) atoms. The number of amides is 1. The minimum Gasteiger partial charge on any atom is -0.483 e. The molecule has 5 rings (SSSR count).